The summed E-state index contributed by atoms with van der Waals surface area (Å²) < 4.78 is 1.27. The molecule has 0 atom stereocenters. The van der Waals surface area contributed by atoms with Crippen LogP contribution in [-0.2, 0) is 0 Å². The Morgan fingerprint density at radius 3 is 2.50 bits per heavy atom. The molecule has 1 heteroatoms. The molecular weight excluding hydrogens is 188 g/mol. The molecule has 0 saturated heterocycles. The molecule has 0 heterocycles. The van der Waals surface area contributed by atoms with Crippen LogP contribution in [0.3, 0.4) is 0 Å². The Bertz CT molecular complexity index is 90.9. The second-order valence-electron chi connectivity index (χ2n) is 2.64. The molecule has 0 aliphatic heterocycles. The predicted molar refractivity (Wildman–Crippen MR) is 51.4 cm³/mol. The highest BCUT2D eigenvalue weighted by atomic mass is 79.9. The Morgan fingerprint density at radius 1 is 1.30 bits per heavy atom. The van der Waals surface area contributed by atoms with Gasteiger partial charge in [0.15, 0.2) is 0 Å². The SMILES string of the molecule is CCCCCC/C=C(\C)Br. The first kappa shape index (κ1) is 10.2. The highest BCUT2D eigenvalue weighted by Crippen LogP contribution is 2.08. The van der Waals surface area contributed by atoms with E-state index in [1.54, 1.807) is 0 Å². The van der Waals surface area contributed by atoms with Gasteiger partial charge in [-0.3, -0.25) is 0 Å². The maximum Gasteiger partial charge on any atom is -0.0120 e. The largest absolute Gasteiger partial charge is 0.0747 e. The monoisotopic (exact) mass is 204 g/mol. The van der Waals surface area contributed by atoms with E-state index >= 15 is 0 Å². The summed E-state index contributed by atoms with van der Waals surface area (Å²) >= 11 is 3.40. The average molecular weight is 205 g/mol. The lowest BCUT2D eigenvalue weighted by Gasteiger charge is -1.93. The second-order valence-corrected chi connectivity index (χ2v) is 3.89. The van der Waals surface area contributed by atoms with Gasteiger partial charge >= 0.3 is 0 Å². The molecule has 0 unspecified atom stereocenters. The lowest BCUT2D eigenvalue weighted by Crippen LogP contribution is -1.73. The summed E-state index contributed by atoms with van der Waals surface area (Å²) in [6, 6.07) is 0. The van der Waals surface area contributed by atoms with E-state index in [9.17, 15) is 0 Å². The van der Waals surface area contributed by atoms with Gasteiger partial charge in [0.05, 0.1) is 0 Å². The highest BCUT2D eigenvalue weighted by molar-refractivity contribution is 9.11. The topological polar surface area (TPSA) is 0 Å². The Hall–Kier alpha value is 0.220. The number of unbranched alkanes of at least 4 members (excludes halogenated alkanes) is 4. The first-order chi connectivity index (χ1) is 4.77. The van der Waals surface area contributed by atoms with E-state index in [1.165, 1.54) is 36.6 Å². The number of hydrogen-bond acceptors (Lipinski definition) is 0. The highest BCUT2D eigenvalue weighted by Gasteiger charge is 1.84. The number of rotatable bonds is 5. The molecule has 0 aromatic carbocycles. The fourth-order valence-electron chi connectivity index (χ4n) is 0.872. The maximum absolute atomic E-state index is 3.40. The van der Waals surface area contributed by atoms with Crippen molar-refractivity contribution in [3.05, 3.63) is 10.6 Å². The lowest BCUT2D eigenvalue weighted by atomic mass is 10.1. The summed E-state index contributed by atoms with van der Waals surface area (Å²) in [4.78, 5) is 0. The Morgan fingerprint density at radius 2 is 2.00 bits per heavy atom. The van der Waals surface area contributed by atoms with Crippen LogP contribution >= 0.6 is 15.9 Å². The third-order valence-corrected chi connectivity index (χ3v) is 1.81. The quantitative estimate of drug-likeness (QED) is 0.588. The van der Waals surface area contributed by atoms with Crippen molar-refractivity contribution >= 4 is 15.9 Å². The van der Waals surface area contributed by atoms with Gasteiger partial charge < -0.3 is 0 Å². The average Bonchev–Trinajstić information content (AvgIpc) is 1.87. The van der Waals surface area contributed by atoms with Crippen molar-refractivity contribution in [3.8, 4) is 0 Å². The predicted octanol–water partition coefficient (Wildman–Crippen LogP) is 4.26. The molecule has 60 valence electrons. The molecule has 0 amide bonds. The Kier molecular flexibility index (Phi) is 7.49. The molecule has 0 aromatic rings. The fourth-order valence-corrected chi connectivity index (χ4v) is 1.10. The molecule has 0 nitrogen and oxygen atoms in total. The standard InChI is InChI=1S/C9H17Br/c1-3-4-5-6-7-8-9(2)10/h8H,3-7H2,1-2H3/b9-8+. The minimum Gasteiger partial charge on any atom is -0.0747 e. The molecule has 0 fully saturated rings. The van der Waals surface area contributed by atoms with Crippen LogP contribution in [0.5, 0.6) is 0 Å². The summed E-state index contributed by atoms with van der Waals surface area (Å²) in [5, 5.41) is 0. The van der Waals surface area contributed by atoms with Crippen LogP contribution in [0.15, 0.2) is 10.6 Å². The van der Waals surface area contributed by atoms with Gasteiger partial charge in [0.2, 0.25) is 0 Å². The van der Waals surface area contributed by atoms with E-state index in [4.69, 9.17) is 0 Å². The van der Waals surface area contributed by atoms with Crippen molar-refractivity contribution in [2.24, 2.45) is 0 Å². The van der Waals surface area contributed by atoms with Gasteiger partial charge in [-0.2, -0.15) is 0 Å². The van der Waals surface area contributed by atoms with E-state index in [0.29, 0.717) is 0 Å². The van der Waals surface area contributed by atoms with E-state index in [0.717, 1.165) is 0 Å². The van der Waals surface area contributed by atoms with Crippen molar-refractivity contribution in [3.63, 3.8) is 0 Å². The van der Waals surface area contributed by atoms with Crippen LogP contribution in [0.25, 0.3) is 0 Å². The van der Waals surface area contributed by atoms with Crippen molar-refractivity contribution in [1.29, 1.82) is 0 Å². The molecule has 0 N–H and O–H groups in total. The van der Waals surface area contributed by atoms with E-state index < -0.39 is 0 Å². The van der Waals surface area contributed by atoms with E-state index in [-0.39, 0.29) is 0 Å². The molecule has 0 saturated carbocycles. The van der Waals surface area contributed by atoms with Gasteiger partial charge in [-0.1, -0.05) is 48.2 Å². The van der Waals surface area contributed by atoms with Crippen LogP contribution < -0.4 is 0 Å². The first-order valence-electron chi connectivity index (χ1n) is 4.09. The molecule has 0 aromatic heterocycles. The number of allylic oxidation sites excluding steroid dienone is 2. The first-order valence-corrected chi connectivity index (χ1v) is 4.89. The summed E-state index contributed by atoms with van der Waals surface area (Å²) in [7, 11) is 0. The van der Waals surface area contributed by atoms with Crippen LogP contribution in [0.1, 0.15) is 46.0 Å². The summed E-state index contributed by atoms with van der Waals surface area (Å²) in [6.07, 6.45) is 8.92. The maximum atomic E-state index is 3.40. The van der Waals surface area contributed by atoms with Gasteiger partial charge in [-0.15, -0.1) is 0 Å². The molecule has 0 rings (SSSR count). The van der Waals surface area contributed by atoms with Gasteiger partial charge in [-0.25, -0.2) is 0 Å². The van der Waals surface area contributed by atoms with Gasteiger partial charge in [0.25, 0.3) is 0 Å². The van der Waals surface area contributed by atoms with E-state index in [2.05, 4.69) is 35.9 Å². The molecule has 0 aliphatic rings. The smallest absolute Gasteiger partial charge is 0.0120 e. The third kappa shape index (κ3) is 8.22. The number of hydrogen-bond donors (Lipinski definition) is 0. The summed E-state index contributed by atoms with van der Waals surface area (Å²) in [5.41, 5.74) is 0. The van der Waals surface area contributed by atoms with Crippen LogP contribution in [-0.4, -0.2) is 0 Å². The second kappa shape index (κ2) is 7.33. The molecule has 0 bridgehead atoms. The zero-order valence-corrected chi connectivity index (χ0v) is 8.58. The summed E-state index contributed by atoms with van der Waals surface area (Å²) in [5.74, 6) is 0. The van der Waals surface area contributed by atoms with Crippen LogP contribution in [0, 0.1) is 0 Å². The lowest BCUT2D eigenvalue weighted by molar-refractivity contribution is 0.674. The molecule has 10 heavy (non-hydrogen) atoms. The molecule has 0 aliphatic carbocycles. The van der Waals surface area contributed by atoms with Gasteiger partial charge in [-0.05, 0) is 24.2 Å². The normalized spacial score (nSPS) is 12.1. The Balaban J connectivity index is 2.98. The molecular formula is C9H17Br. The van der Waals surface area contributed by atoms with Gasteiger partial charge in [0.1, 0.15) is 0 Å². The van der Waals surface area contributed by atoms with Crippen molar-refractivity contribution < 1.29 is 0 Å². The van der Waals surface area contributed by atoms with Crippen LogP contribution in [0.4, 0.5) is 0 Å². The van der Waals surface area contributed by atoms with Gasteiger partial charge in [0, 0.05) is 0 Å². The molecule has 0 radical (unpaired) electrons. The fraction of sp³-hybridized carbons (Fsp3) is 0.778. The summed E-state index contributed by atoms with van der Waals surface area (Å²) in [6.45, 7) is 4.32. The zero-order valence-electron chi connectivity index (χ0n) is 6.99. The molecule has 0 spiro atoms. The number of halogens is 1. The van der Waals surface area contributed by atoms with Crippen molar-refractivity contribution in [1.82, 2.24) is 0 Å². The Labute approximate surface area is 72.8 Å². The van der Waals surface area contributed by atoms with E-state index in [1.807, 2.05) is 0 Å². The van der Waals surface area contributed by atoms with Crippen molar-refractivity contribution in [2.45, 2.75) is 46.0 Å². The minimum absolute atomic E-state index is 1.23. The zero-order chi connectivity index (χ0) is 7.82. The third-order valence-electron chi connectivity index (χ3n) is 1.48. The van der Waals surface area contributed by atoms with Crippen molar-refractivity contribution in [2.75, 3.05) is 0 Å². The minimum atomic E-state index is 1.23. The van der Waals surface area contributed by atoms with Crippen LogP contribution in [0.2, 0.25) is 0 Å².